The smallest absolute Gasteiger partial charge is 0.0797 e. The standard InChI is InChI=1S/C19H28O2/c1-12(2)13-6-7-15-14(10-13)16(20)11-17-18(15,3)8-5-9-19(17,4)21/h6-7,10,12,16-17,20-21H,5,8-9,11H2,1-4H3/t16-,17?,18-,19-/m1/s1. The third kappa shape index (κ3) is 2.24. The van der Waals surface area contributed by atoms with Crippen molar-refractivity contribution in [1.29, 1.82) is 0 Å². The van der Waals surface area contributed by atoms with Gasteiger partial charge in [0.2, 0.25) is 0 Å². The molecule has 0 bridgehead atoms. The highest BCUT2D eigenvalue weighted by Crippen LogP contribution is 2.56. The molecule has 1 saturated carbocycles. The molecule has 2 heteroatoms. The number of fused-ring (bicyclic) bond motifs is 3. The zero-order chi connectivity index (χ0) is 15.4. The molecule has 2 N–H and O–H groups in total. The molecule has 1 fully saturated rings. The van der Waals surface area contributed by atoms with E-state index in [4.69, 9.17) is 0 Å². The number of aliphatic hydroxyl groups excluding tert-OH is 1. The van der Waals surface area contributed by atoms with Gasteiger partial charge in [-0.15, -0.1) is 0 Å². The van der Waals surface area contributed by atoms with Crippen LogP contribution in [0.15, 0.2) is 18.2 Å². The predicted octanol–water partition coefficient (Wildman–Crippen LogP) is 4.06. The van der Waals surface area contributed by atoms with Gasteiger partial charge in [-0.2, -0.15) is 0 Å². The lowest BCUT2D eigenvalue weighted by molar-refractivity contribution is -0.0931. The second-order valence-corrected chi connectivity index (χ2v) is 7.93. The van der Waals surface area contributed by atoms with Crippen LogP contribution in [-0.4, -0.2) is 15.8 Å². The van der Waals surface area contributed by atoms with E-state index >= 15 is 0 Å². The Kier molecular flexibility index (Phi) is 3.46. The second-order valence-electron chi connectivity index (χ2n) is 7.93. The highest BCUT2D eigenvalue weighted by molar-refractivity contribution is 5.43. The molecule has 2 aliphatic carbocycles. The Balaban J connectivity index is 2.12. The largest absolute Gasteiger partial charge is 0.390 e. The Morgan fingerprint density at radius 3 is 2.57 bits per heavy atom. The minimum atomic E-state index is -0.664. The number of hydrogen-bond acceptors (Lipinski definition) is 2. The highest BCUT2D eigenvalue weighted by Gasteiger charge is 2.52. The van der Waals surface area contributed by atoms with Gasteiger partial charge in [0.25, 0.3) is 0 Å². The van der Waals surface area contributed by atoms with E-state index in [-0.39, 0.29) is 11.3 Å². The number of rotatable bonds is 1. The molecular weight excluding hydrogens is 260 g/mol. The van der Waals surface area contributed by atoms with Crippen LogP contribution in [0.4, 0.5) is 0 Å². The molecule has 0 amide bonds. The summed E-state index contributed by atoms with van der Waals surface area (Å²) in [6.07, 6.45) is 3.24. The molecule has 0 spiro atoms. The summed E-state index contributed by atoms with van der Waals surface area (Å²) in [6, 6.07) is 6.60. The van der Waals surface area contributed by atoms with E-state index in [1.807, 2.05) is 6.92 Å². The zero-order valence-corrected chi connectivity index (χ0v) is 13.7. The van der Waals surface area contributed by atoms with Crippen molar-refractivity contribution in [2.24, 2.45) is 5.92 Å². The third-order valence-corrected chi connectivity index (χ3v) is 6.07. The molecule has 0 radical (unpaired) electrons. The fourth-order valence-corrected chi connectivity index (χ4v) is 4.77. The summed E-state index contributed by atoms with van der Waals surface area (Å²) in [7, 11) is 0. The van der Waals surface area contributed by atoms with E-state index in [1.165, 1.54) is 11.1 Å². The summed E-state index contributed by atoms with van der Waals surface area (Å²) in [4.78, 5) is 0. The second kappa shape index (κ2) is 4.82. The van der Waals surface area contributed by atoms with Crippen LogP contribution >= 0.6 is 0 Å². The summed E-state index contributed by atoms with van der Waals surface area (Å²) < 4.78 is 0. The monoisotopic (exact) mass is 288 g/mol. The fraction of sp³-hybridized carbons (Fsp3) is 0.684. The minimum Gasteiger partial charge on any atom is -0.390 e. The van der Waals surface area contributed by atoms with Crippen LogP contribution in [0.3, 0.4) is 0 Å². The van der Waals surface area contributed by atoms with Gasteiger partial charge >= 0.3 is 0 Å². The Morgan fingerprint density at radius 1 is 1.19 bits per heavy atom. The van der Waals surface area contributed by atoms with E-state index in [9.17, 15) is 10.2 Å². The summed E-state index contributed by atoms with van der Waals surface area (Å²) >= 11 is 0. The normalized spacial score (nSPS) is 39.0. The molecule has 0 aromatic heterocycles. The predicted molar refractivity (Wildman–Crippen MR) is 85.4 cm³/mol. The number of hydrogen-bond donors (Lipinski definition) is 2. The van der Waals surface area contributed by atoms with Crippen molar-refractivity contribution in [3.05, 3.63) is 34.9 Å². The van der Waals surface area contributed by atoms with E-state index in [1.54, 1.807) is 0 Å². The lowest BCUT2D eigenvalue weighted by Crippen LogP contribution is -2.53. The first kappa shape index (κ1) is 15.1. The summed E-state index contributed by atoms with van der Waals surface area (Å²) in [5.41, 5.74) is 2.97. The molecular formula is C19H28O2. The summed E-state index contributed by atoms with van der Waals surface area (Å²) in [5, 5.41) is 21.5. The molecule has 2 aliphatic rings. The van der Waals surface area contributed by atoms with Crippen molar-refractivity contribution < 1.29 is 10.2 Å². The molecule has 1 unspecified atom stereocenters. The molecule has 1 aromatic rings. The first-order chi connectivity index (χ1) is 9.75. The van der Waals surface area contributed by atoms with E-state index in [0.717, 1.165) is 24.8 Å². The quantitative estimate of drug-likeness (QED) is 0.818. The molecule has 1 aromatic carbocycles. The molecule has 21 heavy (non-hydrogen) atoms. The lowest BCUT2D eigenvalue weighted by atomic mass is 9.53. The van der Waals surface area contributed by atoms with Gasteiger partial charge in [-0.05, 0) is 66.5 Å². The molecule has 3 rings (SSSR count). The van der Waals surface area contributed by atoms with Gasteiger partial charge in [0.1, 0.15) is 0 Å². The first-order valence-corrected chi connectivity index (χ1v) is 8.30. The molecule has 0 heterocycles. The fourth-order valence-electron chi connectivity index (χ4n) is 4.77. The lowest BCUT2D eigenvalue weighted by Gasteiger charge is -2.54. The van der Waals surface area contributed by atoms with Crippen LogP contribution < -0.4 is 0 Å². The van der Waals surface area contributed by atoms with Gasteiger partial charge in [0, 0.05) is 0 Å². The highest BCUT2D eigenvalue weighted by atomic mass is 16.3. The van der Waals surface area contributed by atoms with Crippen molar-refractivity contribution in [3.63, 3.8) is 0 Å². The molecule has 0 aliphatic heterocycles. The average molecular weight is 288 g/mol. The van der Waals surface area contributed by atoms with Crippen molar-refractivity contribution in [1.82, 2.24) is 0 Å². The van der Waals surface area contributed by atoms with Crippen LogP contribution in [0.5, 0.6) is 0 Å². The van der Waals surface area contributed by atoms with E-state index in [0.29, 0.717) is 12.3 Å². The van der Waals surface area contributed by atoms with Crippen LogP contribution in [0.1, 0.15) is 82.1 Å². The topological polar surface area (TPSA) is 40.5 Å². The molecule has 116 valence electrons. The van der Waals surface area contributed by atoms with Gasteiger partial charge in [-0.3, -0.25) is 0 Å². The van der Waals surface area contributed by atoms with Crippen LogP contribution in [0, 0.1) is 5.92 Å². The maximum atomic E-state index is 10.8. The SMILES string of the molecule is CC(C)c1ccc2c(c1)[C@H](O)CC1[C@](C)(O)CCC[C@]21C. The van der Waals surface area contributed by atoms with Gasteiger partial charge in [-0.1, -0.05) is 39.0 Å². The van der Waals surface area contributed by atoms with Crippen LogP contribution in [0.25, 0.3) is 0 Å². The first-order valence-electron chi connectivity index (χ1n) is 8.30. The molecule has 0 saturated heterocycles. The molecule has 4 atom stereocenters. The third-order valence-electron chi connectivity index (χ3n) is 6.07. The van der Waals surface area contributed by atoms with Gasteiger partial charge < -0.3 is 10.2 Å². The minimum absolute atomic E-state index is 0.00811. The number of benzene rings is 1. The summed E-state index contributed by atoms with van der Waals surface area (Å²) in [6.45, 7) is 8.61. The van der Waals surface area contributed by atoms with Crippen molar-refractivity contribution in [3.8, 4) is 0 Å². The van der Waals surface area contributed by atoms with Crippen LogP contribution in [0.2, 0.25) is 0 Å². The van der Waals surface area contributed by atoms with E-state index < -0.39 is 11.7 Å². The van der Waals surface area contributed by atoms with Crippen molar-refractivity contribution in [2.75, 3.05) is 0 Å². The van der Waals surface area contributed by atoms with Gasteiger partial charge in [0.05, 0.1) is 11.7 Å². The Labute approximate surface area is 128 Å². The van der Waals surface area contributed by atoms with Crippen LogP contribution in [-0.2, 0) is 5.41 Å². The molecule has 2 nitrogen and oxygen atoms in total. The Bertz CT molecular complexity index is 546. The number of aliphatic hydroxyl groups is 2. The van der Waals surface area contributed by atoms with Crippen molar-refractivity contribution >= 4 is 0 Å². The maximum absolute atomic E-state index is 10.8. The zero-order valence-electron chi connectivity index (χ0n) is 13.7. The van der Waals surface area contributed by atoms with Crippen molar-refractivity contribution in [2.45, 2.75) is 76.4 Å². The van der Waals surface area contributed by atoms with Gasteiger partial charge in [0.15, 0.2) is 0 Å². The Morgan fingerprint density at radius 2 is 1.90 bits per heavy atom. The van der Waals surface area contributed by atoms with Gasteiger partial charge in [-0.25, -0.2) is 0 Å². The van der Waals surface area contributed by atoms with E-state index in [2.05, 4.69) is 39.0 Å². The maximum Gasteiger partial charge on any atom is 0.0797 e. The Hall–Kier alpha value is -0.860. The average Bonchev–Trinajstić information content (AvgIpc) is 2.41. The summed E-state index contributed by atoms with van der Waals surface area (Å²) in [5.74, 6) is 0.619.